The summed E-state index contributed by atoms with van der Waals surface area (Å²) in [5, 5.41) is 15.0. The predicted octanol–water partition coefficient (Wildman–Crippen LogP) is 2.36. The van der Waals surface area contributed by atoms with Crippen LogP contribution < -0.4 is 10.6 Å². The van der Waals surface area contributed by atoms with Crippen LogP contribution in [0.4, 0.5) is 0 Å². The first-order chi connectivity index (χ1) is 12.7. The molecule has 4 rings (SSSR count). The summed E-state index contributed by atoms with van der Waals surface area (Å²) < 4.78 is 1.94. The lowest BCUT2D eigenvalue weighted by atomic mass is 9.64. The highest BCUT2D eigenvalue weighted by Crippen LogP contribution is 2.43. The van der Waals surface area contributed by atoms with Crippen molar-refractivity contribution < 1.29 is 4.79 Å². The fourth-order valence-corrected chi connectivity index (χ4v) is 4.24. The van der Waals surface area contributed by atoms with Crippen molar-refractivity contribution in [2.24, 2.45) is 0 Å². The largest absolute Gasteiger partial charge is 0.350 e. The second kappa shape index (κ2) is 7.19. The molecule has 1 aromatic heterocycles. The van der Waals surface area contributed by atoms with Crippen molar-refractivity contribution in [3.05, 3.63) is 47.3 Å². The number of hydrogen-bond donors (Lipinski definition) is 2. The molecule has 0 unspecified atom stereocenters. The Morgan fingerprint density at radius 3 is 2.65 bits per heavy atom. The van der Waals surface area contributed by atoms with Crippen LogP contribution in [0.2, 0.25) is 0 Å². The first kappa shape index (κ1) is 17.2. The number of amides is 1. The van der Waals surface area contributed by atoms with Crippen molar-refractivity contribution in [1.29, 1.82) is 0 Å². The van der Waals surface area contributed by atoms with E-state index in [0.717, 1.165) is 44.5 Å². The molecule has 0 bridgehead atoms. The molecule has 2 fully saturated rings. The summed E-state index contributed by atoms with van der Waals surface area (Å²) in [5.74, 6) is -0.107. The summed E-state index contributed by atoms with van der Waals surface area (Å²) >= 11 is 0. The molecule has 26 heavy (non-hydrogen) atoms. The summed E-state index contributed by atoms with van der Waals surface area (Å²) in [4.78, 5) is 12.7. The number of aromatic nitrogens is 3. The Bertz CT molecular complexity index is 760. The molecule has 2 N–H and O–H groups in total. The van der Waals surface area contributed by atoms with E-state index in [0.29, 0.717) is 18.3 Å². The highest BCUT2D eigenvalue weighted by molar-refractivity contribution is 5.93. The number of nitrogens with zero attached hydrogens (tertiary/aromatic N) is 3. The van der Waals surface area contributed by atoms with E-state index in [1.165, 1.54) is 12.0 Å². The van der Waals surface area contributed by atoms with Gasteiger partial charge in [-0.05, 0) is 51.3 Å². The van der Waals surface area contributed by atoms with Crippen LogP contribution in [0.3, 0.4) is 0 Å². The van der Waals surface area contributed by atoms with Crippen molar-refractivity contribution in [1.82, 2.24) is 25.6 Å². The maximum atomic E-state index is 12.7. The van der Waals surface area contributed by atoms with Gasteiger partial charge >= 0.3 is 0 Å². The van der Waals surface area contributed by atoms with Gasteiger partial charge in [0.2, 0.25) is 0 Å². The highest BCUT2D eigenvalue weighted by atomic mass is 16.2. The Balaban J connectivity index is 1.44. The lowest BCUT2D eigenvalue weighted by Gasteiger charge is -2.42. The van der Waals surface area contributed by atoms with E-state index in [1.54, 1.807) is 0 Å². The number of benzene rings is 1. The van der Waals surface area contributed by atoms with Crippen LogP contribution in [-0.4, -0.2) is 40.5 Å². The molecule has 1 saturated heterocycles. The first-order valence-corrected chi connectivity index (χ1v) is 9.66. The molecular formula is C20H27N5O. The van der Waals surface area contributed by atoms with Gasteiger partial charge in [0.25, 0.3) is 5.91 Å². The van der Waals surface area contributed by atoms with Crippen molar-refractivity contribution in [3.63, 3.8) is 0 Å². The van der Waals surface area contributed by atoms with Gasteiger partial charge in [-0.3, -0.25) is 4.79 Å². The fourth-order valence-electron chi connectivity index (χ4n) is 4.24. The van der Waals surface area contributed by atoms with Crippen LogP contribution in [0.25, 0.3) is 0 Å². The normalized spacial score (nSPS) is 19.7. The minimum atomic E-state index is -0.107. The quantitative estimate of drug-likeness (QED) is 0.866. The summed E-state index contributed by atoms with van der Waals surface area (Å²) in [6.07, 6.45) is 5.52. The molecule has 6 nitrogen and oxygen atoms in total. The maximum Gasteiger partial charge on any atom is 0.273 e. The molecular weight excluding hydrogens is 326 g/mol. The van der Waals surface area contributed by atoms with E-state index >= 15 is 0 Å². The van der Waals surface area contributed by atoms with E-state index in [4.69, 9.17) is 0 Å². The van der Waals surface area contributed by atoms with Gasteiger partial charge in [0, 0.05) is 12.0 Å². The predicted molar refractivity (Wildman–Crippen MR) is 100 cm³/mol. The molecule has 0 spiro atoms. The molecule has 2 aromatic rings. The Morgan fingerprint density at radius 1 is 1.27 bits per heavy atom. The molecule has 1 amide bonds. The van der Waals surface area contributed by atoms with E-state index in [1.807, 2.05) is 17.7 Å². The average Bonchev–Trinajstić information content (AvgIpc) is 3.04. The summed E-state index contributed by atoms with van der Waals surface area (Å²) in [5.41, 5.74) is 2.74. The minimum absolute atomic E-state index is 0.0792. The molecule has 0 radical (unpaired) electrons. The van der Waals surface area contributed by atoms with E-state index < -0.39 is 0 Å². The molecule has 1 aliphatic carbocycles. The topological polar surface area (TPSA) is 71.8 Å². The Hall–Kier alpha value is -2.21. The third kappa shape index (κ3) is 3.14. The Kier molecular flexibility index (Phi) is 4.76. The molecule has 1 aromatic carbocycles. The van der Waals surface area contributed by atoms with Gasteiger partial charge in [0.05, 0.1) is 11.7 Å². The third-order valence-corrected chi connectivity index (χ3v) is 6.08. The van der Waals surface area contributed by atoms with E-state index in [2.05, 4.69) is 45.2 Å². The van der Waals surface area contributed by atoms with Crippen LogP contribution in [0.1, 0.15) is 59.9 Å². The second-order valence-electron chi connectivity index (χ2n) is 7.63. The summed E-state index contributed by atoms with van der Waals surface area (Å²) in [6.45, 7) is 4.60. The van der Waals surface area contributed by atoms with Crippen LogP contribution >= 0.6 is 0 Å². The molecule has 6 heteroatoms. The molecule has 2 aliphatic rings. The van der Waals surface area contributed by atoms with Gasteiger partial charge in [-0.1, -0.05) is 42.0 Å². The van der Waals surface area contributed by atoms with Crippen molar-refractivity contribution in [2.75, 3.05) is 19.6 Å². The van der Waals surface area contributed by atoms with Crippen molar-refractivity contribution in [2.45, 2.75) is 50.5 Å². The standard InChI is InChI=1S/C20H27N5O/c1-15-18(23-24-25(15)17-8-12-21-13-9-17)19(26)22-14-20(10-5-11-20)16-6-3-2-4-7-16/h2-4,6-7,17,21H,5,8-14H2,1H3,(H,22,26). The number of nitrogens with one attached hydrogen (secondary N) is 2. The van der Waals surface area contributed by atoms with Gasteiger partial charge < -0.3 is 10.6 Å². The van der Waals surface area contributed by atoms with Gasteiger partial charge in [0.15, 0.2) is 5.69 Å². The lowest BCUT2D eigenvalue weighted by Crippen LogP contribution is -2.45. The fraction of sp³-hybridized carbons (Fsp3) is 0.550. The van der Waals surface area contributed by atoms with Crippen LogP contribution in [0.15, 0.2) is 30.3 Å². The van der Waals surface area contributed by atoms with Crippen LogP contribution in [0, 0.1) is 6.92 Å². The monoisotopic (exact) mass is 353 g/mol. The van der Waals surface area contributed by atoms with Gasteiger partial charge in [0.1, 0.15) is 0 Å². The van der Waals surface area contributed by atoms with Gasteiger partial charge in [-0.25, -0.2) is 4.68 Å². The van der Waals surface area contributed by atoms with Gasteiger partial charge in [-0.15, -0.1) is 5.10 Å². The number of hydrogen-bond acceptors (Lipinski definition) is 4. The Labute approximate surface area is 154 Å². The minimum Gasteiger partial charge on any atom is -0.350 e. The second-order valence-corrected chi connectivity index (χ2v) is 7.63. The van der Waals surface area contributed by atoms with E-state index in [9.17, 15) is 4.79 Å². The van der Waals surface area contributed by atoms with Crippen molar-refractivity contribution >= 4 is 5.91 Å². The first-order valence-electron chi connectivity index (χ1n) is 9.66. The summed E-state index contributed by atoms with van der Waals surface area (Å²) in [7, 11) is 0. The number of carbonyl (C=O) groups is 1. The van der Waals surface area contributed by atoms with Gasteiger partial charge in [-0.2, -0.15) is 0 Å². The molecule has 1 saturated carbocycles. The van der Waals surface area contributed by atoms with Crippen LogP contribution in [-0.2, 0) is 5.41 Å². The van der Waals surface area contributed by atoms with E-state index in [-0.39, 0.29) is 11.3 Å². The zero-order valence-corrected chi connectivity index (χ0v) is 15.4. The molecule has 1 aliphatic heterocycles. The SMILES string of the molecule is Cc1c(C(=O)NCC2(c3ccccc3)CCC2)nnn1C1CCNCC1. The highest BCUT2D eigenvalue weighted by Gasteiger charge is 2.39. The van der Waals surface area contributed by atoms with Crippen LogP contribution in [0.5, 0.6) is 0 Å². The molecule has 2 heterocycles. The number of piperidine rings is 1. The zero-order chi connectivity index (χ0) is 18.0. The average molecular weight is 353 g/mol. The number of rotatable bonds is 5. The number of carbonyl (C=O) groups excluding carboxylic acids is 1. The maximum absolute atomic E-state index is 12.7. The molecule has 138 valence electrons. The molecule has 0 atom stereocenters. The Morgan fingerprint density at radius 2 is 2.00 bits per heavy atom. The lowest BCUT2D eigenvalue weighted by molar-refractivity contribution is 0.0922. The zero-order valence-electron chi connectivity index (χ0n) is 15.4. The summed E-state index contributed by atoms with van der Waals surface area (Å²) in [6, 6.07) is 10.9. The third-order valence-electron chi connectivity index (χ3n) is 6.08. The van der Waals surface area contributed by atoms with Crippen molar-refractivity contribution in [3.8, 4) is 0 Å². The smallest absolute Gasteiger partial charge is 0.273 e.